The zero-order chi connectivity index (χ0) is 18.6. The average molecular weight is 362 g/mol. The van der Waals surface area contributed by atoms with Crippen LogP contribution in [0.15, 0.2) is 61.1 Å². The third kappa shape index (κ3) is 3.95. The molecule has 6 heteroatoms. The van der Waals surface area contributed by atoms with Crippen molar-refractivity contribution < 1.29 is 9.53 Å². The summed E-state index contributed by atoms with van der Waals surface area (Å²) in [4.78, 5) is 23.0. The van der Waals surface area contributed by atoms with Crippen LogP contribution in [0.2, 0.25) is 0 Å². The molecule has 2 heterocycles. The minimum absolute atomic E-state index is 0.153. The highest BCUT2D eigenvalue weighted by Gasteiger charge is 2.21. The molecule has 2 aromatic carbocycles. The third-order valence-electron chi connectivity index (χ3n) is 4.79. The van der Waals surface area contributed by atoms with Gasteiger partial charge in [-0.3, -0.25) is 4.79 Å². The van der Waals surface area contributed by atoms with Crippen LogP contribution in [0.4, 0.5) is 5.69 Å². The fraction of sp³-hybridized carbons (Fsp3) is 0.238. The number of hydrogen-bond acceptors (Lipinski definition) is 4. The highest BCUT2D eigenvalue weighted by molar-refractivity contribution is 5.82. The number of anilines is 1. The maximum atomic E-state index is 11.9. The number of ether oxygens (including phenoxy) is 1. The van der Waals surface area contributed by atoms with Gasteiger partial charge in [-0.05, 0) is 42.0 Å². The zero-order valence-electron chi connectivity index (χ0n) is 15.3. The summed E-state index contributed by atoms with van der Waals surface area (Å²) in [7, 11) is 1.85. The molecule has 0 saturated carbocycles. The molecule has 1 aliphatic rings. The molecular formula is C21H22N4O2. The van der Waals surface area contributed by atoms with Crippen LogP contribution in [0.1, 0.15) is 5.56 Å². The number of hydrogen-bond donors (Lipinski definition) is 1. The van der Waals surface area contributed by atoms with E-state index >= 15 is 0 Å². The minimum atomic E-state index is 0.153. The lowest BCUT2D eigenvalue weighted by Crippen LogP contribution is -2.48. The molecule has 0 unspecified atom stereocenters. The van der Waals surface area contributed by atoms with Crippen molar-refractivity contribution in [1.29, 1.82) is 0 Å². The van der Waals surface area contributed by atoms with Crippen molar-refractivity contribution in [2.24, 2.45) is 0 Å². The quantitative estimate of drug-likeness (QED) is 0.758. The van der Waals surface area contributed by atoms with Gasteiger partial charge in [-0.2, -0.15) is 0 Å². The number of likely N-dealkylation sites (N-methyl/N-ethyl adjacent to an activating group) is 1. The van der Waals surface area contributed by atoms with Gasteiger partial charge in [-0.25, -0.2) is 4.98 Å². The lowest BCUT2D eigenvalue weighted by molar-refractivity contribution is -0.129. The number of nitrogens with zero attached hydrogens (tertiary/aromatic N) is 3. The first kappa shape index (κ1) is 17.1. The molecule has 1 amide bonds. The molecule has 3 aromatic rings. The Morgan fingerprint density at radius 3 is 2.74 bits per heavy atom. The van der Waals surface area contributed by atoms with Gasteiger partial charge in [0.25, 0.3) is 0 Å². The first-order chi connectivity index (χ1) is 13.2. The molecule has 1 saturated heterocycles. The Bertz CT molecular complexity index is 906. The second kappa shape index (κ2) is 7.53. The summed E-state index contributed by atoms with van der Waals surface area (Å²) < 4.78 is 5.92. The number of nitrogens with one attached hydrogen (secondary N) is 1. The van der Waals surface area contributed by atoms with Crippen LogP contribution in [0.5, 0.6) is 5.75 Å². The number of carbonyl (C=O) groups is 1. The number of benzene rings is 2. The maximum Gasteiger partial charge on any atom is 0.241 e. The van der Waals surface area contributed by atoms with Gasteiger partial charge in [-0.1, -0.05) is 12.1 Å². The predicted molar refractivity (Wildman–Crippen MR) is 105 cm³/mol. The van der Waals surface area contributed by atoms with Crippen molar-refractivity contribution in [3.8, 4) is 17.0 Å². The van der Waals surface area contributed by atoms with Gasteiger partial charge in [0, 0.05) is 37.6 Å². The molecule has 0 spiro atoms. The molecule has 0 atom stereocenters. The Morgan fingerprint density at radius 1 is 1.15 bits per heavy atom. The van der Waals surface area contributed by atoms with Crippen molar-refractivity contribution in [3.63, 3.8) is 0 Å². The summed E-state index contributed by atoms with van der Waals surface area (Å²) >= 11 is 0. The number of carbonyl (C=O) groups excluding carboxylic acids is 1. The fourth-order valence-electron chi connectivity index (χ4n) is 3.13. The van der Waals surface area contributed by atoms with Gasteiger partial charge in [0.05, 0.1) is 18.6 Å². The lowest BCUT2D eigenvalue weighted by atomic mass is 10.1. The Balaban J connectivity index is 1.39. The summed E-state index contributed by atoms with van der Waals surface area (Å²) in [5.41, 5.74) is 4.10. The van der Waals surface area contributed by atoms with Crippen molar-refractivity contribution in [1.82, 2.24) is 14.9 Å². The number of rotatable bonds is 5. The molecule has 0 bridgehead atoms. The molecule has 1 aliphatic heterocycles. The third-order valence-corrected chi connectivity index (χ3v) is 4.79. The standard InChI is InChI=1S/C21H22N4O2/c1-24-9-10-25(13-21(24)26)18-4-2-3-16(11-18)14-27-19-7-5-17(6-8-19)20-12-22-15-23-20/h2-8,11-12,15H,9-10,13-14H2,1H3,(H,22,23). The smallest absolute Gasteiger partial charge is 0.241 e. The molecule has 0 aliphatic carbocycles. The van der Waals surface area contributed by atoms with Crippen molar-refractivity contribution in [2.75, 3.05) is 31.6 Å². The summed E-state index contributed by atoms with van der Waals surface area (Å²) in [5, 5.41) is 0. The molecule has 1 N–H and O–H groups in total. The second-order valence-electron chi connectivity index (χ2n) is 6.67. The van der Waals surface area contributed by atoms with Crippen LogP contribution in [0.3, 0.4) is 0 Å². The molecule has 0 radical (unpaired) electrons. The van der Waals surface area contributed by atoms with E-state index in [9.17, 15) is 4.79 Å². The maximum absolute atomic E-state index is 11.9. The van der Waals surface area contributed by atoms with Crippen LogP contribution in [-0.2, 0) is 11.4 Å². The Morgan fingerprint density at radius 2 is 2.00 bits per heavy atom. The number of amides is 1. The first-order valence-electron chi connectivity index (χ1n) is 8.99. The van der Waals surface area contributed by atoms with Gasteiger partial charge in [0.1, 0.15) is 12.4 Å². The van der Waals surface area contributed by atoms with Crippen LogP contribution in [-0.4, -0.2) is 47.5 Å². The van der Waals surface area contributed by atoms with Gasteiger partial charge in [0.2, 0.25) is 5.91 Å². The monoisotopic (exact) mass is 362 g/mol. The number of aromatic amines is 1. The van der Waals surface area contributed by atoms with E-state index in [-0.39, 0.29) is 5.91 Å². The minimum Gasteiger partial charge on any atom is -0.489 e. The van der Waals surface area contributed by atoms with Crippen LogP contribution in [0.25, 0.3) is 11.3 Å². The van der Waals surface area contributed by atoms with Crippen LogP contribution in [0, 0.1) is 0 Å². The Labute approximate surface area is 158 Å². The highest BCUT2D eigenvalue weighted by atomic mass is 16.5. The predicted octanol–water partition coefficient (Wildman–Crippen LogP) is 2.93. The molecule has 27 heavy (non-hydrogen) atoms. The molecule has 1 aromatic heterocycles. The van der Waals surface area contributed by atoms with Crippen molar-refractivity contribution in [2.45, 2.75) is 6.61 Å². The lowest BCUT2D eigenvalue weighted by Gasteiger charge is -2.33. The molecular weight excluding hydrogens is 340 g/mol. The topological polar surface area (TPSA) is 61.5 Å². The largest absolute Gasteiger partial charge is 0.489 e. The zero-order valence-corrected chi connectivity index (χ0v) is 15.3. The SMILES string of the molecule is CN1CCN(c2cccc(COc3ccc(-c4c[nH]cn4)cc3)c2)CC1=O. The fourth-order valence-corrected chi connectivity index (χ4v) is 3.13. The van der Waals surface area contributed by atoms with E-state index in [1.807, 2.05) is 55.7 Å². The van der Waals surface area contributed by atoms with Crippen LogP contribution >= 0.6 is 0 Å². The van der Waals surface area contributed by atoms with Gasteiger partial charge in [-0.15, -0.1) is 0 Å². The van der Waals surface area contributed by atoms with Gasteiger partial charge < -0.3 is 19.5 Å². The number of imidazole rings is 1. The molecule has 4 rings (SSSR count). The van der Waals surface area contributed by atoms with Crippen LogP contribution < -0.4 is 9.64 Å². The van der Waals surface area contributed by atoms with E-state index in [2.05, 4.69) is 20.9 Å². The van der Waals surface area contributed by atoms with E-state index in [1.165, 1.54) is 0 Å². The van der Waals surface area contributed by atoms with Crippen molar-refractivity contribution >= 4 is 11.6 Å². The van der Waals surface area contributed by atoms with E-state index in [0.29, 0.717) is 13.2 Å². The number of H-pyrrole nitrogens is 1. The van der Waals surface area contributed by atoms with Crippen molar-refractivity contribution in [3.05, 3.63) is 66.6 Å². The van der Waals surface area contributed by atoms with E-state index < -0.39 is 0 Å². The van der Waals surface area contributed by atoms with E-state index in [0.717, 1.165) is 41.3 Å². The molecule has 138 valence electrons. The van der Waals surface area contributed by atoms with E-state index in [1.54, 1.807) is 11.2 Å². The Kier molecular flexibility index (Phi) is 4.78. The number of aromatic nitrogens is 2. The molecule has 6 nitrogen and oxygen atoms in total. The summed E-state index contributed by atoms with van der Waals surface area (Å²) in [6, 6.07) is 16.1. The first-order valence-corrected chi connectivity index (χ1v) is 8.99. The van der Waals surface area contributed by atoms with Gasteiger partial charge in [0.15, 0.2) is 0 Å². The second-order valence-corrected chi connectivity index (χ2v) is 6.67. The highest BCUT2D eigenvalue weighted by Crippen LogP contribution is 2.22. The Hall–Kier alpha value is -3.28. The van der Waals surface area contributed by atoms with Gasteiger partial charge >= 0.3 is 0 Å². The normalized spacial score (nSPS) is 14.5. The summed E-state index contributed by atoms with van der Waals surface area (Å²) in [5.74, 6) is 0.967. The average Bonchev–Trinajstić information content (AvgIpc) is 3.24. The summed E-state index contributed by atoms with van der Waals surface area (Å²) in [6.45, 7) is 2.51. The summed E-state index contributed by atoms with van der Waals surface area (Å²) in [6.07, 6.45) is 3.53. The number of piperazine rings is 1. The molecule has 1 fully saturated rings. The van der Waals surface area contributed by atoms with E-state index in [4.69, 9.17) is 4.74 Å².